The first kappa shape index (κ1) is 15.4. The Hall–Kier alpha value is -2.95. The summed E-state index contributed by atoms with van der Waals surface area (Å²) in [4.78, 5) is 23.4. The minimum absolute atomic E-state index is 0.294. The number of rotatable bonds is 3. The molecule has 2 aromatic rings. The number of carbonyl (C=O) groups excluding carboxylic acids is 2. The Labute approximate surface area is 127 Å². The van der Waals surface area contributed by atoms with E-state index in [0.717, 1.165) is 11.6 Å². The molecule has 0 heterocycles. The number of hydrogen-bond acceptors (Lipinski definition) is 2. The second-order valence-corrected chi connectivity index (χ2v) is 4.66. The average molecular weight is 298 g/mol. The lowest BCUT2D eigenvalue weighted by Gasteiger charge is -2.05. The third-order valence-corrected chi connectivity index (χ3v) is 2.93. The molecule has 4 nitrogen and oxygen atoms in total. The van der Waals surface area contributed by atoms with Gasteiger partial charge in [-0.15, -0.1) is 0 Å². The van der Waals surface area contributed by atoms with Gasteiger partial charge in [0.25, 0.3) is 11.8 Å². The van der Waals surface area contributed by atoms with E-state index in [1.165, 1.54) is 12.1 Å². The maximum absolute atomic E-state index is 13.4. The summed E-state index contributed by atoms with van der Waals surface area (Å²) in [5.41, 5.74) is 6.29. The van der Waals surface area contributed by atoms with Crippen LogP contribution in [-0.2, 0) is 4.79 Å². The van der Waals surface area contributed by atoms with E-state index >= 15 is 0 Å². The van der Waals surface area contributed by atoms with E-state index in [-0.39, 0.29) is 0 Å². The molecule has 0 aromatic heterocycles. The van der Waals surface area contributed by atoms with Crippen molar-refractivity contribution in [3.63, 3.8) is 0 Å². The van der Waals surface area contributed by atoms with Crippen molar-refractivity contribution in [1.29, 1.82) is 0 Å². The number of halogens is 1. The van der Waals surface area contributed by atoms with Crippen LogP contribution in [0.3, 0.4) is 0 Å². The number of aryl methyl sites for hydroxylation is 1. The smallest absolute Gasteiger partial charge is 0.268 e. The maximum atomic E-state index is 13.4. The number of hydrogen-bond donors (Lipinski definition) is 2. The Morgan fingerprint density at radius 1 is 1.00 bits per heavy atom. The van der Waals surface area contributed by atoms with E-state index in [9.17, 15) is 14.0 Å². The van der Waals surface area contributed by atoms with Crippen molar-refractivity contribution in [1.82, 2.24) is 10.9 Å². The molecule has 0 saturated heterocycles. The summed E-state index contributed by atoms with van der Waals surface area (Å²) in [7, 11) is 0. The van der Waals surface area contributed by atoms with Crippen molar-refractivity contribution in [2.75, 3.05) is 0 Å². The highest BCUT2D eigenvalue weighted by atomic mass is 19.1. The van der Waals surface area contributed by atoms with Crippen LogP contribution in [0.1, 0.15) is 21.5 Å². The summed E-state index contributed by atoms with van der Waals surface area (Å²) in [5.74, 6) is -1.40. The predicted molar refractivity (Wildman–Crippen MR) is 82.2 cm³/mol. The molecule has 2 aromatic carbocycles. The first-order chi connectivity index (χ1) is 10.6. The van der Waals surface area contributed by atoms with Gasteiger partial charge in [0.05, 0.1) is 0 Å². The SMILES string of the molecule is Cc1ccc(C(=O)NNC(=O)/C=C/c2ccccc2F)cc1. The van der Waals surface area contributed by atoms with Crippen LogP contribution in [0.2, 0.25) is 0 Å². The highest BCUT2D eigenvalue weighted by molar-refractivity contribution is 5.97. The zero-order chi connectivity index (χ0) is 15.9. The largest absolute Gasteiger partial charge is 0.269 e. The van der Waals surface area contributed by atoms with E-state index < -0.39 is 17.6 Å². The van der Waals surface area contributed by atoms with Crippen LogP contribution in [0, 0.1) is 12.7 Å². The lowest BCUT2D eigenvalue weighted by atomic mass is 10.1. The van der Waals surface area contributed by atoms with Crippen LogP contribution in [0.25, 0.3) is 6.08 Å². The molecule has 22 heavy (non-hydrogen) atoms. The number of amides is 2. The number of carbonyl (C=O) groups is 2. The normalized spacial score (nSPS) is 10.5. The third-order valence-electron chi connectivity index (χ3n) is 2.93. The quantitative estimate of drug-likeness (QED) is 0.676. The molecule has 0 saturated carbocycles. The standard InChI is InChI=1S/C17H15FN2O2/c1-12-6-8-14(9-7-12)17(22)20-19-16(21)11-10-13-4-2-3-5-15(13)18/h2-11H,1H3,(H,19,21)(H,20,22)/b11-10+. The molecule has 2 amide bonds. The predicted octanol–water partition coefficient (Wildman–Crippen LogP) is 2.61. The molecule has 0 spiro atoms. The van der Waals surface area contributed by atoms with Crippen LogP contribution < -0.4 is 10.9 Å². The van der Waals surface area contributed by atoms with Crippen molar-refractivity contribution in [3.05, 3.63) is 77.1 Å². The highest BCUT2D eigenvalue weighted by Crippen LogP contribution is 2.07. The van der Waals surface area contributed by atoms with Crippen molar-refractivity contribution in [3.8, 4) is 0 Å². The van der Waals surface area contributed by atoms with Gasteiger partial charge in [-0.3, -0.25) is 20.4 Å². The molecule has 5 heteroatoms. The summed E-state index contributed by atoms with van der Waals surface area (Å²) < 4.78 is 13.4. The van der Waals surface area contributed by atoms with Crippen molar-refractivity contribution in [2.45, 2.75) is 6.92 Å². The summed E-state index contributed by atoms with van der Waals surface area (Å²) in [6.07, 6.45) is 2.48. The van der Waals surface area contributed by atoms with Crippen LogP contribution in [0.4, 0.5) is 4.39 Å². The first-order valence-electron chi connectivity index (χ1n) is 6.66. The van der Waals surface area contributed by atoms with Crippen molar-refractivity contribution in [2.24, 2.45) is 0 Å². The second kappa shape index (κ2) is 7.17. The molecular formula is C17H15FN2O2. The molecule has 2 rings (SSSR count). The molecule has 112 valence electrons. The van der Waals surface area contributed by atoms with Gasteiger partial charge in [-0.25, -0.2) is 4.39 Å². The summed E-state index contributed by atoms with van der Waals surface area (Å²) >= 11 is 0. The van der Waals surface area contributed by atoms with Gasteiger partial charge in [0.15, 0.2) is 0 Å². The van der Waals surface area contributed by atoms with Gasteiger partial charge in [-0.2, -0.15) is 0 Å². The Balaban J connectivity index is 1.89. The van der Waals surface area contributed by atoms with Crippen LogP contribution in [0.5, 0.6) is 0 Å². The molecule has 0 bridgehead atoms. The monoisotopic (exact) mass is 298 g/mol. The van der Waals surface area contributed by atoms with Crippen molar-refractivity contribution < 1.29 is 14.0 Å². The van der Waals surface area contributed by atoms with E-state index in [0.29, 0.717) is 11.1 Å². The van der Waals surface area contributed by atoms with Gasteiger partial charge in [-0.05, 0) is 31.2 Å². The number of hydrazine groups is 1. The topological polar surface area (TPSA) is 58.2 Å². The highest BCUT2D eigenvalue weighted by Gasteiger charge is 2.05. The molecule has 0 radical (unpaired) electrons. The van der Waals surface area contributed by atoms with Gasteiger partial charge in [0, 0.05) is 17.2 Å². The molecule has 0 aliphatic heterocycles. The second-order valence-electron chi connectivity index (χ2n) is 4.66. The van der Waals surface area contributed by atoms with Crippen LogP contribution >= 0.6 is 0 Å². The minimum Gasteiger partial charge on any atom is -0.268 e. The maximum Gasteiger partial charge on any atom is 0.269 e. The summed E-state index contributed by atoms with van der Waals surface area (Å²) in [5, 5.41) is 0. The molecule has 0 aliphatic carbocycles. The number of nitrogens with one attached hydrogen (secondary N) is 2. The van der Waals surface area contributed by atoms with Crippen LogP contribution in [-0.4, -0.2) is 11.8 Å². The van der Waals surface area contributed by atoms with Gasteiger partial charge >= 0.3 is 0 Å². The molecule has 0 unspecified atom stereocenters. The van der Waals surface area contributed by atoms with Gasteiger partial charge in [-0.1, -0.05) is 35.9 Å². The summed E-state index contributed by atoms with van der Waals surface area (Å²) in [6.45, 7) is 1.91. The molecule has 2 N–H and O–H groups in total. The lowest BCUT2D eigenvalue weighted by molar-refractivity contribution is -0.117. The minimum atomic E-state index is -0.552. The van der Waals surface area contributed by atoms with Gasteiger partial charge in [0.2, 0.25) is 0 Å². The zero-order valence-electron chi connectivity index (χ0n) is 12.0. The first-order valence-corrected chi connectivity index (χ1v) is 6.66. The fourth-order valence-electron chi connectivity index (χ4n) is 1.71. The van der Waals surface area contributed by atoms with Gasteiger partial charge in [0.1, 0.15) is 5.82 Å². The number of benzene rings is 2. The van der Waals surface area contributed by atoms with Crippen LogP contribution in [0.15, 0.2) is 54.6 Å². The Morgan fingerprint density at radius 3 is 2.36 bits per heavy atom. The van der Waals surface area contributed by atoms with E-state index in [4.69, 9.17) is 0 Å². The molecule has 0 fully saturated rings. The molecule has 0 aliphatic rings. The zero-order valence-corrected chi connectivity index (χ0v) is 12.0. The average Bonchev–Trinajstić information content (AvgIpc) is 2.52. The molecule has 0 atom stereocenters. The third kappa shape index (κ3) is 4.28. The fraction of sp³-hybridized carbons (Fsp3) is 0.0588. The van der Waals surface area contributed by atoms with Crippen molar-refractivity contribution >= 4 is 17.9 Å². The Kier molecular flexibility index (Phi) is 5.03. The van der Waals surface area contributed by atoms with E-state index in [1.807, 2.05) is 6.92 Å². The Morgan fingerprint density at radius 2 is 1.68 bits per heavy atom. The molecular weight excluding hydrogens is 283 g/mol. The summed E-state index contributed by atoms with van der Waals surface area (Å²) in [6, 6.07) is 13.0. The van der Waals surface area contributed by atoms with Gasteiger partial charge < -0.3 is 0 Å². The Bertz CT molecular complexity index is 709. The van der Waals surface area contributed by atoms with E-state index in [2.05, 4.69) is 10.9 Å². The fourth-order valence-corrected chi connectivity index (χ4v) is 1.71. The van der Waals surface area contributed by atoms with E-state index in [1.54, 1.807) is 42.5 Å². The lowest BCUT2D eigenvalue weighted by Crippen LogP contribution is -2.40.